The first-order chi connectivity index (χ1) is 12.9. The van der Waals surface area contributed by atoms with Crippen molar-refractivity contribution < 1.29 is 22.7 Å². The van der Waals surface area contributed by atoms with Crippen LogP contribution in [-0.4, -0.2) is 35.1 Å². The van der Waals surface area contributed by atoms with Gasteiger partial charge in [0, 0.05) is 25.2 Å². The number of hydrogen-bond donors (Lipinski definition) is 1. The minimum atomic E-state index is -3.74. The molecule has 27 heavy (non-hydrogen) atoms. The maximum absolute atomic E-state index is 13.2. The summed E-state index contributed by atoms with van der Waals surface area (Å²) in [5, 5.41) is 2.63. The van der Waals surface area contributed by atoms with Gasteiger partial charge in [0.15, 0.2) is 11.5 Å². The number of nitrogens with zero attached hydrogens (tertiary/aromatic N) is 1. The molecule has 0 spiro atoms. The molecular formula is C19H22N2O5S. The molecule has 2 aromatic carbocycles. The molecule has 8 heteroatoms. The maximum atomic E-state index is 13.2. The van der Waals surface area contributed by atoms with Crippen LogP contribution in [0.15, 0.2) is 41.3 Å². The van der Waals surface area contributed by atoms with E-state index >= 15 is 0 Å². The second-order valence-electron chi connectivity index (χ2n) is 6.22. The molecule has 0 aromatic heterocycles. The van der Waals surface area contributed by atoms with Crippen molar-refractivity contribution in [1.82, 2.24) is 0 Å². The van der Waals surface area contributed by atoms with Crippen LogP contribution in [0.5, 0.6) is 11.5 Å². The van der Waals surface area contributed by atoms with Gasteiger partial charge in [-0.3, -0.25) is 9.10 Å². The monoisotopic (exact) mass is 390 g/mol. The predicted octanol–water partition coefficient (Wildman–Crippen LogP) is 2.80. The highest BCUT2D eigenvalue weighted by atomic mass is 32.2. The Bertz CT molecular complexity index is 955. The SMILES string of the molecule is COc1cc2c(cc1OC)N(S(=O)(=O)c1ccc(NC(C)=O)cc1)CCC2. The van der Waals surface area contributed by atoms with E-state index in [1.165, 1.54) is 30.5 Å². The molecule has 3 rings (SSSR count). The molecule has 0 fully saturated rings. The van der Waals surface area contributed by atoms with Crippen LogP contribution in [0.1, 0.15) is 18.9 Å². The van der Waals surface area contributed by atoms with Gasteiger partial charge in [-0.05, 0) is 48.7 Å². The van der Waals surface area contributed by atoms with Crippen molar-refractivity contribution in [2.45, 2.75) is 24.7 Å². The minimum Gasteiger partial charge on any atom is -0.493 e. The zero-order chi connectivity index (χ0) is 19.6. The number of methoxy groups -OCH3 is 2. The van der Waals surface area contributed by atoms with Gasteiger partial charge in [0.1, 0.15) is 0 Å². The Hall–Kier alpha value is -2.74. The molecule has 0 saturated heterocycles. The summed E-state index contributed by atoms with van der Waals surface area (Å²) in [4.78, 5) is 11.3. The van der Waals surface area contributed by atoms with Gasteiger partial charge in [-0.1, -0.05) is 0 Å². The normalized spacial score (nSPS) is 13.7. The van der Waals surface area contributed by atoms with E-state index < -0.39 is 10.0 Å². The summed E-state index contributed by atoms with van der Waals surface area (Å²) in [5.74, 6) is 0.853. The number of fused-ring (bicyclic) bond motifs is 1. The Labute approximate surface area is 158 Å². The lowest BCUT2D eigenvalue weighted by Gasteiger charge is -2.31. The molecular weight excluding hydrogens is 368 g/mol. The highest BCUT2D eigenvalue weighted by molar-refractivity contribution is 7.92. The molecule has 0 saturated carbocycles. The lowest BCUT2D eigenvalue weighted by atomic mass is 10.0. The first-order valence-corrected chi connectivity index (χ1v) is 9.96. The zero-order valence-electron chi connectivity index (χ0n) is 15.5. The summed E-state index contributed by atoms with van der Waals surface area (Å²) in [6.45, 7) is 1.79. The van der Waals surface area contributed by atoms with Crippen LogP contribution in [-0.2, 0) is 21.2 Å². The molecule has 1 N–H and O–H groups in total. The van der Waals surface area contributed by atoms with E-state index in [1.54, 1.807) is 25.3 Å². The highest BCUT2D eigenvalue weighted by Gasteiger charge is 2.30. The van der Waals surface area contributed by atoms with E-state index in [0.29, 0.717) is 35.8 Å². The number of carbonyl (C=O) groups excluding carboxylic acids is 1. The Morgan fingerprint density at radius 3 is 2.30 bits per heavy atom. The summed E-state index contributed by atoms with van der Waals surface area (Å²) in [5.41, 5.74) is 2.05. The fraction of sp³-hybridized carbons (Fsp3) is 0.316. The standard InChI is InChI=1S/C19H22N2O5S/c1-13(22)20-15-6-8-16(9-7-15)27(23,24)21-10-4-5-14-11-18(25-2)19(26-3)12-17(14)21/h6-9,11-12H,4-5,10H2,1-3H3,(H,20,22). The number of benzene rings is 2. The summed E-state index contributed by atoms with van der Waals surface area (Å²) in [6.07, 6.45) is 1.48. The van der Waals surface area contributed by atoms with Crippen molar-refractivity contribution in [2.75, 3.05) is 30.4 Å². The Morgan fingerprint density at radius 1 is 1.07 bits per heavy atom. The first kappa shape index (κ1) is 19.0. The second kappa shape index (κ2) is 7.48. The maximum Gasteiger partial charge on any atom is 0.264 e. The van der Waals surface area contributed by atoms with Crippen LogP contribution in [0, 0.1) is 0 Å². The molecule has 1 amide bonds. The van der Waals surface area contributed by atoms with Gasteiger partial charge in [-0.15, -0.1) is 0 Å². The van der Waals surface area contributed by atoms with Crippen molar-refractivity contribution in [3.05, 3.63) is 42.0 Å². The van der Waals surface area contributed by atoms with Gasteiger partial charge >= 0.3 is 0 Å². The molecule has 144 valence electrons. The third kappa shape index (κ3) is 3.71. The van der Waals surface area contributed by atoms with Gasteiger partial charge in [0.2, 0.25) is 5.91 Å². The number of amides is 1. The van der Waals surface area contributed by atoms with Crippen molar-refractivity contribution >= 4 is 27.3 Å². The van der Waals surface area contributed by atoms with Crippen LogP contribution in [0.4, 0.5) is 11.4 Å². The fourth-order valence-corrected chi connectivity index (χ4v) is 4.70. The molecule has 1 aliphatic rings. The van der Waals surface area contributed by atoms with Crippen LogP contribution < -0.4 is 19.1 Å². The second-order valence-corrected chi connectivity index (χ2v) is 8.08. The largest absolute Gasteiger partial charge is 0.493 e. The number of rotatable bonds is 5. The number of ether oxygens (including phenoxy) is 2. The van der Waals surface area contributed by atoms with Crippen LogP contribution >= 0.6 is 0 Å². The summed E-state index contributed by atoms with van der Waals surface area (Å²) >= 11 is 0. The molecule has 0 aliphatic carbocycles. The Morgan fingerprint density at radius 2 is 1.70 bits per heavy atom. The third-order valence-electron chi connectivity index (χ3n) is 4.42. The van der Waals surface area contributed by atoms with Gasteiger partial charge < -0.3 is 14.8 Å². The van der Waals surface area contributed by atoms with Gasteiger partial charge in [-0.25, -0.2) is 8.42 Å². The van der Waals surface area contributed by atoms with E-state index in [2.05, 4.69) is 5.32 Å². The fourth-order valence-electron chi connectivity index (χ4n) is 3.17. The van der Waals surface area contributed by atoms with E-state index in [4.69, 9.17) is 9.47 Å². The Balaban J connectivity index is 2.00. The third-order valence-corrected chi connectivity index (χ3v) is 6.25. The first-order valence-electron chi connectivity index (χ1n) is 8.52. The van der Waals surface area contributed by atoms with Crippen molar-refractivity contribution in [2.24, 2.45) is 0 Å². The quantitative estimate of drug-likeness (QED) is 0.849. The zero-order valence-corrected chi connectivity index (χ0v) is 16.3. The van der Waals surface area contributed by atoms with Crippen molar-refractivity contribution in [3.63, 3.8) is 0 Å². The number of sulfonamides is 1. The number of hydrogen-bond acceptors (Lipinski definition) is 5. The minimum absolute atomic E-state index is 0.166. The van der Waals surface area contributed by atoms with Gasteiger partial charge in [0.25, 0.3) is 10.0 Å². The number of carbonyl (C=O) groups is 1. The molecule has 2 aromatic rings. The molecule has 0 atom stereocenters. The molecule has 1 aliphatic heterocycles. The summed E-state index contributed by atoms with van der Waals surface area (Å²) in [6, 6.07) is 9.68. The lowest BCUT2D eigenvalue weighted by Crippen LogP contribution is -2.35. The van der Waals surface area contributed by atoms with Crippen LogP contribution in [0.2, 0.25) is 0 Å². The number of nitrogens with one attached hydrogen (secondary N) is 1. The highest BCUT2D eigenvalue weighted by Crippen LogP contribution is 2.40. The van der Waals surface area contributed by atoms with Crippen molar-refractivity contribution in [3.8, 4) is 11.5 Å². The van der Waals surface area contributed by atoms with E-state index in [-0.39, 0.29) is 10.8 Å². The summed E-state index contributed by atoms with van der Waals surface area (Å²) < 4.78 is 38.5. The van der Waals surface area contributed by atoms with Crippen LogP contribution in [0.3, 0.4) is 0 Å². The Kier molecular flexibility index (Phi) is 5.27. The van der Waals surface area contributed by atoms with Gasteiger partial charge in [-0.2, -0.15) is 0 Å². The van der Waals surface area contributed by atoms with Crippen LogP contribution in [0.25, 0.3) is 0 Å². The van der Waals surface area contributed by atoms with E-state index in [1.807, 2.05) is 6.07 Å². The smallest absolute Gasteiger partial charge is 0.264 e. The average Bonchev–Trinajstić information content (AvgIpc) is 2.66. The number of anilines is 2. The molecule has 1 heterocycles. The topological polar surface area (TPSA) is 84.9 Å². The molecule has 7 nitrogen and oxygen atoms in total. The predicted molar refractivity (Wildman–Crippen MR) is 103 cm³/mol. The van der Waals surface area contributed by atoms with Crippen molar-refractivity contribution in [1.29, 1.82) is 0 Å². The lowest BCUT2D eigenvalue weighted by molar-refractivity contribution is -0.114. The van der Waals surface area contributed by atoms with E-state index in [9.17, 15) is 13.2 Å². The molecule has 0 radical (unpaired) electrons. The van der Waals surface area contributed by atoms with E-state index in [0.717, 1.165) is 12.0 Å². The number of aryl methyl sites for hydroxylation is 1. The van der Waals surface area contributed by atoms with Gasteiger partial charge in [0.05, 0.1) is 24.8 Å². The summed E-state index contributed by atoms with van der Waals surface area (Å²) in [7, 11) is -0.667. The molecule has 0 unspecified atom stereocenters. The molecule has 0 bridgehead atoms. The average molecular weight is 390 g/mol.